The van der Waals surface area contributed by atoms with Crippen LogP contribution in [-0.4, -0.2) is 17.0 Å². The number of nitrogens with one attached hydrogen (secondary N) is 1. The Labute approximate surface area is 122 Å². The largest absolute Gasteiger partial charge is 0.478 e. The zero-order chi connectivity index (χ0) is 13.0. The van der Waals surface area contributed by atoms with E-state index in [1.807, 2.05) is 0 Å². The van der Waals surface area contributed by atoms with Gasteiger partial charge in [0.1, 0.15) is 0 Å². The molecular weight excluding hydrogens is 422 g/mol. The van der Waals surface area contributed by atoms with Crippen LogP contribution in [0.5, 0.6) is 0 Å². The Hall–Kier alpha value is -0.660. The summed E-state index contributed by atoms with van der Waals surface area (Å²) in [6, 6.07) is 3.53. The van der Waals surface area contributed by atoms with Gasteiger partial charge in [-0.05, 0) is 44.0 Å². The number of rotatable bonds is 3. The molecule has 0 atom stereocenters. The van der Waals surface area contributed by atoms with Crippen LogP contribution in [0.2, 0.25) is 0 Å². The van der Waals surface area contributed by atoms with Crippen LogP contribution in [0.1, 0.15) is 0 Å². The fourth-order valence-electron chi connectivity index (χ4n) is 0.973. The highest BCUT2D eigenvalue weighted by Gasteiger charge is 2.08. The molecule has 7 heteroatoms. The first-order chi connectivity index (χ1) is 7.90. The van der Waals surface area contributed by atoms with Gasteiger partial charge in [0.2, 0.25) is 5.91 Å². The number of aliphatic carboxylic acids is 1. The average Bonchev–Trinajstić information content (AvgIpc) is 2.20. The Morgan fingerprint density at radius 2 is 1.65 bits per heavy atom. The molecule has 0 heterocycles. The third kappa shape index (κ3) is 4.61. The number of hydrogen-bond acceptors (Lipinski definition) is 2. The van der Waals surface area contributed by atoms with Gasteiger partial charge in [-0.1, -0.05) is 15.9 Å². The van der Waals surface area contributed by atoms with Gasteiger partial charge in [-0.25, -0.2) is 4.79 Å². The van der Waals surface area contributed by atoms with E-state index in [-0.39, 0.29) is 0 Å². The number of halogens is 3. The first-order valence-electron chi connectivity index (χ1n) is 4.26. The molecule has 0 aromatic heterocycles. The van der Waals surface area contributed by atoms with Gasteiger partial charge in [-0.15, -0.1) is 0 Å². The normalized spacial score (nSPS) is 10.5. The second kappa shape index (κ2) is 6.32. The SMILES string of the molecule is O=C(O)/C=C\C(=O)Nc1c(Br)cc(Br)cc1Br. The number of carbonyl (C=O) groups excluding carboxylic acids is 1. The minimum atomic E-state index is -1.17. The quantitative estimate of drug-likeness (QED) is 0.725. The van der Waals surface area contributed by atoms with Crippen molar-refractivity contribution in [2.75, 3.05) is 5.32 Å². The molecule has 90 valence electrons. The molecule has 17 heavy (non-hydrogen) atoms. The minimum absolute atomic E-state index is 0.517. The van der Waals surface area contributed by atoms with E-state index in [0.29, 0.717) is 14.6 Å². The summed E-state index contributed by atoms with van der Waals surface area (Å²) < 4.78 is 2.20. The van der Waals surface area contributed by atoms with Gasteiger partial charge in [0, 0.05) is 25.6 Å². The van der Waals surface area contributed by atoms with Gasteiger partial charge in [0.05, 0.1) is 5.69 Å². The van der Waals surface area contributed by atoms with Crippen LogP contribution in [-0.2, 0) is 9.59 Å². The molecule has 1 aromatic rings. The summed E-state index contributed by atoms with van der Waals surface area (Å²) >= 11 is 9.88. The smallest absolute Gasteiger partial charge is 0.328 e. The molecule has 0 spiro atoms. The Morgan fingerprint density at radius 1 is 1.12 bits per heavy atom. The van der Waals surface area contributed by atoms with Crippen LogP contribution in [0.4, 0.5) is 5.69 Å². The molecule has 2 N–H and O–H groups in total. The molecule has 1 aromatic carbocycles. The molecule has 1 rings (SSSR count). The van der Waals surface area contributed by atoms with E-state index < -0.39 is 11.9 Å². The van der Waals surface area contributed by atoms with Gasteiger partial charge < -0.3 is 10.4 Å². The molecule has 0 fully saturated rings. The van der Waals surface area contributed by atoms with E-state index in [4.69, 9.17) is 5.11 Å². The van der Waals surface area contributed by atoms with Crippen molar-refractivity contribution in [3.63, 3.8) is 0 Å². The Balaban J connectivity index is 2.89. The molecule has 0 radical (unpaired) electrons. The van der Waals surface area contributed by atoms with E-state index in [0.717, 1.165) is 16.6 Å². The summed E-state index contributed by atoms with van der Waals surface area (Å²) in [5, 5.41) is 10.9. The van der Waals surface area contributed by atoms with Gasteiger partial charge in [0.25, 0.3) is 0 Å². The molecule has 0 saturated heterocycles. The number of carbonyl (C=O) groups is 2. The van der Waals surface area contributed by atoms with Crippen LogP contribution in [0.3, 0.4) is 0 Å². The Morgan fingerprint density at radius 3 is 2.12 bits per heavy atom. The van der Waals surface area contributed by atoms with Crippen molar-refractivity contribution in [3.05, 3.63) is 37.7 Å². The third-order valence-corrected chi connectivity index (χ3v) is 3.34. The number of amides is 1. The Bertz CT molecular complexity index is 477. The lowest BCUT2D eigenvalue weighted by molar-refractivity contribution is -0.131. The van der Waals surface area contributed by atoms with Crippen LogP contribution in [0.15, 0.2) is 37.7 Å². The molecular formula is C10H6Br3NO3. The fourth-order valence-corrected chi connectivity index (χ4v) is 3.43. The van der Waals surface area contributed by atoms with E-state index in [2.05, 4.69) is 53.1 Å². The van der Waals surface area contributed by atoms with Crippen LogP contribution in [0.25, 0.3) is 0 Å². The van der Waals surface area contributed by atoms with Crippen molar-refractivity contribution in [3.8, 4) is 0 Å². The van der Waals surface area contributed by atoms with Crippen molar-refractivity contribution in [1.82, 2.24) is 0 Å². The van der Waals surface area contributed by atoms with Crippen LogP contribution >= 0.6 is 47.8 Å². The maximum Gasteiger partial charge on any atom is 0.328 e. The van der Waals surface area contributed by atoms with E-state index in [9.17, 15) is 9.59 Å². The highest BCUT2D eigenvalue weighted by atomic mass is 79.9. The van der Waals surface area contributed by atoms with Crippen molar-refractivity contribution in [1.29, 1.82) is 0 Å². The number of carboxylic acids is 1. The zero-order valence-electron chi connectivity index (χ0n) is 8.21. The predicted molar refractivity (Wildman–Crippen MR) is 74.9 cm³/mol. The summed E-state index contributed by atoms with van der Waals surface area (Å²) in [6.07, 6.45) is 1.72. The minimum Gasteiger partial charge on any atom is -0.478 e. The van der Waals surface area contributed by atoms with E-state index in [1.54, 1.807) is 12.1 Å². The first kappa shape index (κ1) is 14.4. The topological polar surface area (TPSA) is 66.4 Å². The predicted octanol–water partition coefficient (Wildman–Crippen LogP) is 3.55. The van der Waals surface area contributed by atoms with Gasteiger partial charge in [-0.2, -0.15) is 0 Å². The lowest BCUT2D eigenvalue weighted by atomic mass is 10.3. The first-order valence-corrected chi connectivity index (χ1v) is 6.64. The van der Waals surface area contributed by atoms with Gasteiger partial charge >= 0.3 is 5.97 Å². The summed E-state index contributed by atoms with van der Waals surface area (Å²) in [4.78, 5) is 21.6. The standard InChI is InChI=1S/C10H6Br3NO3/c11-5-3-6(12)10(7(13)4-5)14-8(15)1-2-9(16)17/h1-4H,(H,14,15)(H,16,17)/b2-1-. The molecule has 0 aliphatic rings. The number of anilines is 1. The number of hydrogen-bond donors (Lipinski definition) is 2. The second-order valence-corrected chi connectivity index (χ2v) is 5.53. The highest BCUT2D eigenvalue weighted by Crippen LogP contribution is 2.34. The molecule has 1 amide bonds. The van der Waals surface area contributed by atoms with Crippen molar-refractivity contribution in [2.24, 2.45) is 0 Å². The van der Waals surface area contributed by atoms with Crippen molar-refractivity contribution < 1.29 is 14.7 Å². The van der Waals surface area contributed by atoms with Gasteiger partial charge in [-0.3, -0.25) is 4.79 Å². The summed E-state index contributed by atoms with van der Waals surface area (Å²) in [5.74, 6) is -1.69. The monoisotopic (exact) mass is 425 g/mol. The molecule has 0 bridgehead atoms. The molecule has 0 unspecified atom stereocenters. The molecule has 0 aliphatic carbocycles. The van der Waals surface area contributed by atoms with E-state index >= 15 is 0 Å². The lowest BCUT2D eigenvalue weighted by Crippen LogP contribution is -2.09. The lowest BCUT2D eigenvalue weighted by Gasteiger charge is -2.08. The van der Waals surface area contributed by atoms with Gasteiger partial charge in [0.15, 0.2) is 0 Å². The van der Waals surface area contributed by atoms with Crippen molar-refractivity contribution >= 4 is 65.4 Å². The van der Waals surface area contributed by atoms with Crippen LogP contribution in [0, 0.1) is 0 Å². The maximum absolute atomic E-state index is 11.4. The zero-order valence-corrected chi connectivity index (χ0v) is 13.0. The highest BCUT2D eigenvalue weighted by molar-refractivity contribution is 9.11. The van der Waals surface area contributed by atoms with Crippen molar-refractivity contribution in [2.45, 2.75) is 0 Å². The summed E-state index contributed by atoms with van der Waals surface area (Å²) in [6.45, 7) is 0. The Kier molecular flexibility index (Phi) is 5.35. The molecule has 4 nitrogen and oxygen atoms in total. The van der Waals surface area contributed by atoms with Crippen LogP contribution < -0.4 is 5.32 Å². The van der Waals surface area contributed by atoms with E-state index in [1.165, 1.54) is 0 Å². The summed E-state index contributed by atoms with van der Waals surface area (Å²) in [5.41, 5.74) is 0.535. The number of carboxylic acid groups (broad SMARTS) is 1. The fraction of sp³-hybridized carbons (Fsp3) is 0. The summed E-state index contributed by atoms with van der Waals surface area (Å²) in [7, 11) is 0. The second-order valence-electron chi connectivity index (χ2n) is 2.91. The third-order valence-electron chi connectivity index (χ3n) is 1.63. The number of benzene rings is 1. The average molecular weight is 428 g/mol. The molecule has 0 aliphatic heterocycles. The molecule has 0 saturated carbocycles. The maximum atomic E-state index is 11.4.